The molecule has 0 aliphatic heterocycles. The zero-order chi connectivity index (χ0) is 10.7. The maximum atomic E-state index is 12.4. The summed E-state index contributed by atoms with van der Waals surface area (Å²) < 4.78 is 24.8. The van der Waals surface area contributed by atoms with Gasteiger partial charge in [0.1, 0.15) is 5.69 Å². The number of pyridine rings is 1. The van der Waals surface area contributed by atoms with Gasteiger partial charge in [0.2, 0.25) is 0 Å². The first-order chi connectivity index (χ1) is 6.61. The number of nitrogens with zero attached hydrogens (tertiary/aromatic N) is 1. The van der Waals surface area contributed by atoms with Crippen LogP contribution in [0.1, 0.15) is 23.2 Å². The van der Waals surface area contributed by atoms with Gasteiger partial charge >= 0.3 is 0 Å². The SMILES string of the molecule is Nc1c(CBr)cnc(C(F)F)c1CO. The molecule has 1 rings (SSSR count). The van der Waals surface area contributed by atoms with Crippen molar-refractivity contribution in [2.75, 3.05) is 5.73 Å². The number of hydrogen-bond donors (Lipinski definition) is 2. The van der Waals surface area contributed by atoms with Crippen LogP contribution < -0.4 is 5.73 Å². The summed E-state index contributed by atoms with van der Waals surface area (Å²) in [5.74, 6) is 0. The summed E-state index contributed by atoms with van der Waals surface area (Å²) in [6.45, 7) is -0.528. The maximum absolute atomic E-state index is 12.4. The van der Waals surface area contributed by atoms with E-state index in [-0.39, 0.29) is 11.3 Å². The molecule has 78 valence electrons. The molecule has 0 aliphatic rings. The van der Waals surface area contributed by atoms with E-state index in [9.17, 15) is 8.78 Å². The Morgan fingerprint density at radius 2 is 2.21 bits per heavy atom. The highest BCUT2D eigenvalue weighted by Gasteiger charge is 2.18. The molecule has 0 unspecified atom stereocenters. The minimum absolute atomic E-state index is 0.0111. The number of aliphatic hydroxyl groups is 1. The third kappa shape index (κ3) is 2.01. The lowest BCUT2D eigenvalue weighted by Crippen LogP contribution is -2.06. The Balaban J connectivity index is 3.28. The molecule has 0 radical (unpaired) electrons. The summed E-state index contributed by atoms with van der Waals surface area (Å²) in [6.07, 6.45) is -1.44. The van der Waals surface area contributed by atoms with Crippen molar-refractivity contribution in [1.29, 1.82) is 0 Å². The van der Waals surface area contributed by atoms with E-state index in [4.69, 9.17) is 10.8 Å². The van der Waals surface area contributed by atoms with Gasteiger partial charge in [-0.3, -0.25) is 4.98 Å². The van der Waals surface area contributed by atoms with Gasteiger partial charge in [-0.1, -0.05) is 15.9 Å². The highest BCUT2D eigenvalue weighted by molar-refractivity contribution is 9.08. The van der Waals surface area contributed by atoms with Gasteiger partial charge < -0.3 is 10.8 Å². The molecule has 1 heterocycles. The highest BCUT2D eigenvalue weighted by atomic mass is 79.9. The second-order valence-corrected chi connectivity index (χ2v) is 3.21. The van der Waals surface area contributed by atoms with Gasteiger partial charge in [0.25, 0.3) is 6.43 Å². The maximum Gasteiger partial charge on any atom is 0.280 e. The molecule has 3 nitrogen and oxygen atoms in total. The Hall–Kier alpha value is -0.750. The van der Waals surface area contributed by atoms with E-state index in [1.807, 2.05) is 0 Å². The molecule has 0 aromatic carbocycles. The van der Waals surface area contributed by atoms with Gasteiger partial charge in [0.05, 0.1) is 6.61 Å². The van der Waals surface area contributed by atoms with Gasteiger partial charge in [0.15, 0.2) is 0 Å². The van der Waals surface area contributed by atoms with E-state index in [2.05, 4.69) is 20.9 Å². The lowest BCUT2D eigenvalue weighted by atomic mass is 10.1. The predicted octanol–water partition coefficient (Wildman–Crippen LogP) is 1.99. The van der Waals surface area contributed by atoms with Crippen molar-refractivity contribution in [3.8, 4) is 0 Å². The molecule has 1 aromatic rings. The average molecular weight is 267 g/mol. The summed E-state index contributed by atoms with van der Waals surface area (Å²) in [5.41, 5.74) is 5.91. The van der Waals surface area contributed by atoms with Crippen LogP contribution >= 0.6 is 15.9 Å². The van der Waals surface area contributed by atoms with E-state index >= 15 is 0 Å². The van der Waals surface area contributed by atoms with E-state index in [1.54, 1.807) is 0 Å². The van der Waals surface area contributed by atoms with Gasteiger partial charge in [-0.15, -0.1) is 0 Å². The minimum atomic E-state index is -2.72. The van der Waals surface area contributed by atoms with E-state index in [0.717, 1.165) is 0 Å². The van der Waals surface area contributed by atoms with E-state index in [0.29, 0.717) is 10.9 Å². The number of nitrogen functional groups attached to an aromatic ring is 1. The number of rotatable bonds is 3. The first-order valence-electron chi connectivity index (χ1n) is 3.82. The van der Waals surface area contributed by atoms with Crippen LogP contribution in [0.25, 0.3) is 0 Å². The first kappa shape index (κ1) is 11.3. The molecule has 0 amide bonds. The van der Waals surface area contributed by atoms with Crippen molar-refractivity contribution < 1.29 is 13.9 Å². The second kappa shape index (κ2) is 4.65. The van der Waals surface area contributed by atoms with E-state index in [1.165, 1.54) is 6.20 Å². The van der Waals surface area contributed by atoms with Crippen LogP contribution in [0, 0.1) is 0 Å². The Morgan fingerprint density at radius 3 is 2.64 bits per heavy atom. The van der Waals surface area contributed by atoms with Crippen molar-refractivity contribution >= 4 is 21.6 Å². The van der Waals surface area contributed by atoms with Crippen molar-refractivity contribution in [2.24, 2.45) is 0 Å². The average Bonchev–Trinajstić information content (AvgIpc) is 2.17. The quantitative estimate of drug-likeness (QED) is 0.823. The zero-order valence-electron chi connectivity index (χ0n) is 7.17. The largest absolute Gasteiger partial charge is 0.398 e. The Kier molecular flexibility index (Phi) is 3.77. The first-order valence-corrected chi connectivity index (χ1v) is 4.95. The molecule has 0 aliphatic carbocycles. The van der Waals surface area contributed by atoms with Crippen LogP contribution in [0.15, 0.2) is 6.20 Å². The van der Waals surface area contributed by atoms with Gasteiger partial charge in [-0.25, -0.2) is 8.78 Å². The number of halogens is 3. The zero-order valence-corrected chi connectivity index (χ0v) is 8.76. The predicted molar refractivity (Wildman–Crippen MR) is 52.2 cm³/mol. The van der Waals surface area contributed by atoms with Crippen molar-refractivity contribution in [2.45, 2.75) is 18.4 Å². The van der Waals surface area contributed by atoms with Gasteiger partial charge in [-0.2, -0.15) is 0 Å². The van der Waals surface area contributed by atoms with Gasteiger partial charge in [-0.05, 0) is 0 Å². The van der Waals surface area contributed by atoms with Crippen LogP contribution in [-0.4, -0.2) is 10.1 Å². The number of anilines is 1. The molecule has 14 heavy (non-hydrogen) atoms. The van der Waals surface area contributed by atoms with Crippen LogP contribution in [0.3, 0.4) is 0 Å². The molecular formula is C8H9BrF2N2O. The summed E-state index contributed by atoms with van der Waals surface area (Å²) in [6, 6.07) is 0. The third-order valence-corrected chi connectivity index (χ3v) is 2.45. The van der Waals surface area contributed by atoms with Crippen LogP contribution in [0.4, 0.5) is 14.5 Å². The fourth-order valence-electron chi connectivity index (χ4n) is 1.09. The molecular weight excluding hydrogens is 258 g/mol. The summed E-state index contributed by atoms with van der Waals surface area (Å²) in [5, 5.41) is 9.32. The number of alkyl halides is 3. The second-order valence-electron chi connectivity index (χ2n) is 2.65. The molecule has 3 N–H and O–H groups in total. The molecule has 6 heteroatoms. The number of aliphatic hydroxyl groups excluding tert-OH is 1. The van der Waals surface area contributed by atoms with Crippen molar-refractivity contribution in [1.82, 2.24) is 4.98 Å². The van der Waals surface area contributed by atoms with Crippen molar-refractivity contribution in [3.05, 3.63) is 23.0 Å². The standard InChI is InChI=1S/C8H9BrF2N2O/c9-1-4-2-13-7(8(10)11)5(3-14)6(4)12/h2,8,14H,1,3H2,(H2,12,13). The monoisotopic (exact) mass is 266 g/mol. The summed E-state index contributed by atoms with van der Waals surface area (Å²) >= 11 is 3.14. The lowest BCUT2D eigenvalue weighted by Gasteiger charge is -2.11. The van der Waals surface area contributed by atoms with E-state index < -0.39 is 18.7 Å². The number of nitrogens with two attached hydrogens (primary N) is 1. The van der Waals surface area contributed by atoms with Crippen LogP contribution in [0.2, 0.25) is 0 Å². The molecule has 0 saturated carbocycles. The fraction of sp³-hybridized carbons (Fsp3) is 0.375. The lowest BCUT2D eigenvalue weighted by molar-refractivity contribution is 0.141. The molecule has 1 aromatic heterocycles. The van der Waals surface area contributed by atoms with Crippen LogP contribution in [-0.2, 0) is 11.9 Å². The Morgan fingerprint density at radius 1 is 1.57 bits per heavy atom. The van der Waals surface area contributed by atoms with Crippen LogP contribution in [0.5, 0.6) is 0 Å². The number of hydrogen-bond acceptors (Lipinski definition) is 3. The van der Waals surface area contributed by atoms with Crippen molar-refractivity contribution in [3.63, 3.8) is 0 Å². The molecule has 0 saturated heterocycles. The summed E-state index contributed by atoms with van der Waals surface area (Å²) in [4.78, 5) is 3.56. The normalized spacial score (nSPS) is 10.9. The Labute approximate surface area is 88.1 Å². The topological polar surface area (TPSA) is 59.1 Å². The third-order valence-electron chi connectivity index (χ3n) is 1.85. The van der Waals surface area contributed by atoms with Gasteiger partial charge in [0, 0.05) is 28.3 Å². The molecule has 0 atom stereocenters. The minimum Gasteiger partial charge on any atom is -0.398 e. The molecule has 0 spiro atoms. The molecule has 0 fully saturated rings. The number of aromatic nitrogens is 1. The Bertz CT molecular complexity index is 333. The molecule has 0 bridgehead atoms. The summed E-state index contributed by atoms with van der Waals surface area (Å²) in [7, 11) is 0. The highest BCUT2D eigenvalue weighted by Crippen LogP contribution is 2.28. The smallest absolute Gasteiger partial charge is 0.280 e. The fourth-order valence-corrected chi connectivity index (χ4v) is 1.53.